The van der Waals surface area contributed by atoms with Crippen molar-refractivity contribution in [3.05, 3.63) is 99.7 Å². The van der Waals surface area contributed by atoms with E-state index in [9.17, 15) is 39.6 Å². The topological polar surface area (TPSA) is 312 Å². The van der Waals surface area contributed by atoms with Crippen LogP contribution in [0.4, 0.5) is 10.5 Å². The molecule has 3 aromatic rings. The maximum atomic E-state index is 12.8. The van der Waals surface area contributed by atoms with Crippen LogP contribution < -0.4 is 32.8 Å². The summed E-state index contributed by atoms with van der Waals surface area (Å²) in [5.41, 5.74) is 14.9. The van der Waals surface area contributed by atoms with Crippen molar-refractivity contribution >= 4 is 58.0 Å². The van der Waals surface area contributed by atoms with Gasteiger partial charge >= 0.3 is 18.0 Å². The Balaban J connectivity index is 0.966. The first-order valence-corrected chi connectivity index (χ1v) is 20.2. The van der Waals surface area contributed by atoms with Gasteiger partial charge in [0.05, 0.1) is 31.0 Å². The number of anilines is 1. The Morgan fingerprint density at radius 3 is 2.52 bits per heavy atom. The van der Waals surface area contributed by atoms with E-state index in [0.29, 0.717) is 63.0 Å². The van der Waals surface area contributed by atoms with E-state index >= 15 is 0 Å². The van der Waals surface area contributed by atoms with Crippen LogP contribution in [0.5, 0.6) is 0 Å². The molecule has 0 saturated carbocycles. The highest BCUT2D eigenvalue weighted by Gasteiger charge is 2.44. The zero-order valence-electron chi connectivity index (χ0n) is 34.2. The first-order chi connectivity index (χ1) is 30.1. The van der Waals surface area contributed by atoms with Crippen molar-refractivity contribution in [3.8, 4) is 22.5 Å². The molecule has 21 heteroatoms. The predicted octanol–water partition coefficient (Wildman–Crippen LogP) is 2.91. The molecule has 0 fully saturated rings. The normalized spacial score (nSPS) is 16.9. The van der Waals surface area contributed by atoms with Gasteiger partial charge in [-0.1, -0.05) is 30.3 Å². The van der Waals surface area contributed by atoms with E-state index in [1.54, 1.807) is 36.0 Å². The number of amides is 1. The molecule has 6 rings (SSSR count). The SMILES string of the molecule is Cc1ccc2c(-c3ccc(NC(=S)NCCCCCn4cc(CNC(=O)O[C@@H]([C@@H]5OC(C(=O)O)=C[C@H](N=C(N)N)[C@H]5C)[C@H](O)CO)nn4)cc3C(=O)O)c3ccc(=O)cc-3oc2c1. The number of benzene rings is 3. The molecule has 3 heterocycles. The van der Waals surface area contributed by atoms with E-state index in [-0.39, 0.29) is 23.5 Å². The molecule has 1 aliphatic carbocycles. The molecule has 2 aromatic carbocycles. The number of aryl methyl sites for hydroxylation is 2. The minimum atomic E-state index is -1.63. The number of carboxylic acid groups (broad SMARTS) is 2. The highest BCUT2D eigenvalue weighted by atomic mass is 32.1. The van der Waals surface area contributed by atoms with E-state index in [2.05, 4.69) is 31.3 Å². The number of carbonyl (C=O) groups excluding carboxylic acids is 1. The molecule has 0 saturated heterocycles. The summed E-state index contributed by atoms with van der Waals surface area (Å²) in [5.74, 6) is -3.72. The molecule has 3 aliphatic rings. The van der Waals surface area contributed by atoms with Crippen LogP contribution in [0.25, 0.3) is 33.4 Å². The van der Waals surface area contributed by atoms with Crippen LogP contribution in [-0.2, 0) is 27.4 Å². The van der Waals surface area contributed by atoms with Gasteiger partial charge in [-0.15, -0.1) is 5.10 Å². The summed E-state index contributed by atoms with van der Waals surface area (Å²) in [4.78, 5) is 53.3. The van der Waals surface area contributed by atoms with Crippen LogP contribution in [0.3, 0.4) is 0 Å². The predicted molar refractivity (Wildman–Crippen MR) is 234 cm³/mol. The van der Waals surface area contributed by atoms with Gasteiger partial charge in [-0.2, -0.15) is 0 Å². The molecule has 0 unspecified atom stereocenters. The highest BCUT2D eigenvalue weighted by Crippen LogP contribution is 2.42. The van der Waals surface area contributed by atoms with Crippen molar-refractivity contribution in [3.63, 3.8) is 0 Å². The lowest BCUT2D eigenvalue weighted by Crippen LogP contribution is -2.52. The number of nitrogens with two attached hydrogens (primary N) is 2. The lowest BCUT2D eigenvalue weighted by atomic mass is 9.87. The Hall–Kier alpha value is -7.10. The molecular formula is C42H47N9O11S. The fourth-order valence-corrected chi connectivity index (χ4v) is 7.39. The standard InChI is InChI=1S/C42H47N9O11S/c1-21-6-9-27-32(14-21)60-33-16-25(53)8-11-28(33)35(27)26-10-7-23(15-29(26)38(55)56)47-41(63)45-12-4-3-5-13-51-19-24(49-50-51)18-46-42(59)62-37(31(54)20-52)36-22(2)30(48-40(43)44)17-34(61-36)39(57)58/h6-11,14-17,19,22,30-31,36-37,52,54H,3-5,12-13,18,20H2,1-2H3,(H,46,59)(H,55,56)(H,57,58)(H4,43,44,48)(H2,45,47,63)/t22-,30+,31-,36-,37-/m1/s1. The van der Waals surface area contributed by atoms with Crippen LogP contribution in [0, 0.1) is 12.8 Å². The summed E-state index contributed by atoms with van der Waals surface area (Å²) in [6.07, 6.45) is -0.242. The molecule has 2 aliphatic heterocycles. The van der Waals surface area contributed by atoms with Crippen LogP contribution in [0.1, 0.15) is 47.8 Å². The number of aromatic nitrogens is 3. The van der Waals surface area contributed by atoms with Crippen LogP contribution >= 0.6 is 12.2 Å². The number of hydrogen-bond acceptors (Lipinski definition) is 13. The van der Waals surface area contributed by atoms with E-state index in [0.717, 1.165) is 24.8 Å². The number of aliphatic hydroxyl groups is 2. The van der Waals surface area contributed by atoms with Crippen molar-refractivity contribution in [2.75, 3.05) is 18.5 Å². The summed E-state index contributed by atoms with van der Waals surface area (Å²) in [6.45, 7) is 3.68. The van der Waals surface area contributed by atoms with E-state index < -0.39 is 60.7 Å². The Labute approximate surface area is 364 Å². The minimum absolute atomic E-state index is 0.0383. The zero-order valence-corrected chi connectivity index (χ0v) is 35.0. The van der Waals surface area contributed by atoms with E-state index in [1.165, 1.54) is 24.3 Å². The number of unbranched alkanes of at least 4 members (excludes halogenated alkanes) is 2. The fraction of sp³-hybridized carbons (Fsp3) is 0.333. The number of rotatable bonds is 17. The maximum absolute atomic E-state index is 12.8. The lowest BCUT2D eigenvalue weighted by molar-refractivity contribution is -0.147. The van der Waals surface area contributed by atoms with E-state index in [4.69, 9.17) is 37.6 Å². The number of aliphatic imine (C=N–C) groups is 1. The third-order valence-electron chi connectivity index (χ3n) is 10.3. The second-order valence-electron chi connectivity index (χ2n) is 14.9. The van der Waals surface area contributed by atoms with Gasteiger partial charge in [-0.05, 0) is 85.9 Å². The number of hydrogen-bond donors (Lipinski definition) is 9. The number of carbonyl (C=O) groups is 3. The Morgan fingerprint density at radius 1 is 1.02 bits per heavy atom. The Kier molecular flexibility index (Phi) is 14.6. The monoisotopic (exact) mass is 885 g/mol. The number of guanidine groups is 1. The number of nitrogens with one attached hydrogen (secondary N) is 3. The van der Waals surface area contributed by atoms with Crippen LogP contribution in [0.2, 0.25) is 0 Å². The van der Waals surface area contributed by atoms with Gasteiger partial charge in [0.15, 0.2) is 22.6 Å². The molecule has 63 heavy (non-hydrogen) atoms. The molecule has 0 bridgehead atoms. The summed E-state index contributed by atoms with van der Waals surface area (Å²) in [7, 11) is 0. The Morgan fingerprint density at radius 2 is 1.79 bits per heavy atom. The fourth-order valence-electron chi connectivity index (χ4n) is 7.17. The molecule has 0 spiro atoms. The van der Waals surface area contributed by atoms with Crippen LogP contribution in [-0.4, -0.2) is 102 Å². The number of nitrogens with zero attached hydrogens (tertiary/aromatic N) is 4. The molecule has 332 valence electrons. The lowest BCUT2D eigenvalue weighted by Gasteiger charge is -2.38. The smallest absolute Gasteiger partial charge is 0.407 e. The van der Waals surface area contributed by atoms with Gasteiger partial charge in [-0.3, -0.25) is 9.48 Å². The van der Waals surface area contributed by atoms with Crippen molar-refractivity contribution in [1.82, 2.24) is 25.6 Å². The first-order valence-electron chi connectivity index (χ1n) is 19.8. The second kappa shape index (κ2) is 20.2. The highest BCUT2D eigenvalue weighted by molar-refractivity contribution is 7.80. The number of aliphatic hydroxyl groups excluding tert-OH is 2. The average molecular weight is 886 g/mol. The summed E-state index contributed by atoms with van der Waals surface area (Å²) >= 11 is 5.50. The largest absolute Gasteiger partial charge is 0.479 e. The third kappa shape index (κ3) is 11.2. The number of aromatic carboxylic acids is 1. The third-order valence-corrected chi connectivity index (χ3v) is 10.5. The van der Waals surface area contributed by atoms with Crippen molar-refractivity contribution < 1.29 is 48.7 Å². The van der Waals surface area contributed by atoms with Crippen molar-refractivity contribution in [1.29, 1.82) is 0 Å². The number of carboxylic acids is 2. The van der Waals surface area contributed by atoms with Gasteiger partial charge in [0, 0.05) is 47.3 Å². The minimum Gasteiger partial charge on any atom is -0.479 e. The van der Waals surface area contributed by atoms with Gasteiger partial charge in [0.1, 0.15) is 29.2 Å². The Bertz CT molecular complexity index is 2590. The number of thiocarbonyl (C=S) groups is 1. The van der Waals surface area contributed by atoms with Crippen molar-refractivity contribution in [2.24, 2.45) is 22.4 Å². The molecular weight excluding hydrogens is 839 g/mol. The summed E-state index contributed by atoms with van der Waals surface area (Å²) in [6, 6.07) is 14.2. The summed E-state index contributed by atoms with van der Waals surface area (Å²) < 4.78 is 18.6. The van der Waals surface area contributed by atoms with Gasteiger partial charge in [0.2, 0.25) is 5.76 Å². The average Bonchev–Trinajstić information content (AvgIpc) is 3.70. The van der Waals surface area contributed by atoms with Gasteiger partial charge < -0.3 is 61.7 Å². The number of aliphatic carboxylic acids is 1. The number of fused-ring (bicyclic) bond motifs is 2. The summed E-state index contributed by atoms with van der Waals surface area (Å²) in [5, 5.41) is 57.9. The zero-order chi connectivity index (χ0) is 45.4. The van der Waals surface area contributed by atoms with Crippen molar-refractivity contribution in [2.45, 2.75) is 70.6 Å². The molecule has 1 amide bonds. The van der Waals surface area contributed by atoms with E-state index in [1.807, 2.05) is 25.1 Å². The number of ether oxygens (including phenoxy) is 2. The number of alkyl carbamates (subject to hydrolysis) is 1. The molecule has 20 nitrogen and oxygen atoms in total. The second-order valence-corrected chi connectivity index (χ2v) is 15.3. The molecule has 11 N–H and O–H groups in total. The molecule has 5 atom stereocenters. The van der Waals surface area contributed by atoms with Gasteiger partial charge in [0.25, 0.3) is 0 Å². The quantitative estimate of drug-likeness (QED) is 0.0213. The van der Waals surface area contributed by atoms with Gasteiger partial charge in [-0.25, -0.2) is 19.4 Å². The van der Waals surface area contributed by atoms with Crippen LogP contribution in [0.15, 0.2) is 86.8 Å². The molecule has 0 radical (unpaired) electrons. The maximum Gasteiger partial charge on any atom is 0.407 e. The molecule has 1 aromatic heterocycles. The first kappa shape index (κ1) is 45.4.